The summed E-state index contributed by atoms with van der Waals surface area (Å²) in [4.78, 5) is 10.4. The van der Waals surface area contributed by atoms with E-state index in [9.17, 15) is 4.79 Å². The first-order valence-electron chi connectivity index (χ1n) is 4.30. The van der Waals surface area contributed by atoms with Gasteiger partial charge in [0.2, 0.25) is 0 Å². The number of aliphatic hydroxyl groups excluding tert-OH is 1. The van der Waals surface area contributed by atoms with Gasteiger partial charge in [-0.1, -0.05) is 36.4 Å². The third kappa shape index (κ3) is 3.41. The average molecular weight is 192 g/mol. The predicted octanol–water partition coefficient (Wildman–Crippen LogP) is 1.32. The van der Waals surface area contributed by atoms with Gasteiger partial charge in [0.25, 0.3) is 0 Å². The largest absolute Gasteiger partial charge is 0.481 e. The Morgan fingerprint density at radius 1 is 1.29 bits per heavy atom. The van der Waals surface area contributed by atoms with Crippen LogP contribution in [0.4, 0.5) is 0 Å². The fourth-order valence-electron chi connectivity index (χ4n) is 1.11. The molecule has 2 N–H and O–H groups in total. The van der Waals surface area contributed by atoms with E-state index in [1.165, 1.54) is 0 Å². The molecule has 0 aliphatic rings. The molecule has 0 bridgehead atoms. The van der Waals surface area contributed by atoms with Gasteiger partial charge in [0.1, 0.15) is 0 Å². The molecule has 0 saturated heterocycles. The summed E-state index contributed by atoms with van der Waals surface area (Å²) in [5.74, 6) is -0.830. The van der Waals surface area contributed by atoms with Gasteiger partial charge in [-0.15, -0.1) is 0 Å². The van der Waals surface area contributed by atoms with Crippen molar-refractivity contribution in [3.8, 4) is 0 Å². The quantitative estimate of drug-likeness (QED) is 0.756. The normalized spacial score (nSPS) is 10.6. The molecular weight excluding hydrogens is 180 g/mol. The van der Waals surface area contributed by atoms with E-state index in [-0.39, 0.29) is 13.0 Å². The number of aliphatic hydroxyl groups is 1. The highest BCUT2D eigenvalue weighted by molar-refractivity contribution is 5.70. The van der Waals surface area contributed by atoms with E-state index in [0.717, 1.165) is 11.1 Å². The Morgan fingerprint density at radius 3 is 2.43 bits per heavy atom. The van der Waals surface area contributed by atoms with Crippen molar-refractivity contribution in [2.75, 3.05) is 6.61 Å². The third-order valence-electron chi connectivity index (χ3n) is 1.75. The Morgan fingerprint density at radius 2 is 1.93 bits per heavy atom. The van der Waals surface area contributed by atoms with Gasteiger partial charge in [-0.25, -0.2) is 0 Å². The monoisotopic (exact) mass is 192 g/mol. The van der Waals surface area contributed by atoms with Crippen LogP contribution in [0.25, 0.3) is 6.08 Å². The number of carboxylic acids is 1. The zero-order chi connectivity index (χ0) is 10.4. The Balaban J connectivity index is 2.68. The van der Waals surface area contributed by atoms with Crippen LogP contribution < -0.4 is 0 Å². The van der Waals surface area contributed by atoms with Crippen molar-refractivity contribution in [2.45, 2.75) is 6.42 Å². The van der Waals surface area contributed by atoms with Gasteiger partial charge in [-0.2, -0.15) is 0 Å². The number of aliphatic carboxylic acids is 1. The maximum atomic E-state index is 10.4. The molecule has 0 radical (unpaired) electrons. The summed E-state index contributed by atoms with van der Waals surface area (Å²) in [5.41, 5.74) is 1.73. The standard InChI is InChI=1S/C11H12O3/c12-7-1-2-9-3-5-10(6-4-9)8-11(13)14/h1-6,12H,7-8H2,(H,13,14)/b2-1+. The molecule has 74 valence electrons. The van der Waals surface area contributed by atoms with Crippen molar-refractivity contribution in [3.05, 3.63) is 41.5 Å². The van der Waals surface area contributed by atoms with Crippen molar-refractivity contribution in [3.63, 3.8) is 0 Å². The minimum absolute atomic E-state index is 0.0108. The molecule has 1 rings (SSSR count). The van der Waals surface area contributed by atoms with E-state index >= 15 is 0 Å². The minimum Gasteiger partial charge on any atom is -0.481 e. The fourth-order valence-corrected chi connectivity index (χ4v) is 1.11. The summed E-state index contributed by atoms with van der Waals surface area (Å²) in [5, 5.41) is 17.1. The number of rotatable bonds is 4. The van der Waals surface area contributed by atoms with Crippen LogP contribution in [-0.4, -0.2) is 22.8 Å². The van der Waals surface area contributed by atoms with Crippen LogP contribution in [0, 0.1) is 0 Å². The minimum atomic E-state index is -0.830. The zero-order valence-electron chi connectivity index (χ0n) is 7.68. The molecule has 0 aliphatic carbocycles. The van der Waals surface area contributed by atoms with E-state index in [2.05, 4.69) is 0 Å². The van der Waals surface area contributed by atoms with Gasteiger partial charge in [0, 0.05) is 0 Å². The highest BCUT2D eigenvalue weighted by Crippen LogP contribution is 2.06. The summed E-state index contributed by atoms with van der Waals surface area (Å²) < 4.78 is 0. The second kappa shape index (κ2) is 5.19. The lowest BCUT2D eigenvalue weighted by atomic mass is 10.1. The number of benzene rings is 1. The van der Waals surface area contributed by atoms with Crippen molar-refractivity contribution in [2.24, 2.45) is 0 Å². The number of carbonyl (C=O) groups is 1. The number of hydrogen-bond acceptors (Lipinski definition) is 2. The highest BCUT2D eigenvalue weighted by Gasteiger charge is 1.98. The maximum Gasteiger partial charge on any atom is 0.307 e. The summed E-state index contributed by atoms with van der Waals surface area (Å²) >= 11 is 0. The maximum absolute atomic E-state index is 10.4. The van der Waals surface area contributed by atoms with Crippen LogP contribution in [0.15, 0.2) is 30.3 Å². The van der Waals surface area contributed by atoms with Crippen LogP contribution in [0.5, 0.6) is 0 Å². The lowest BCUT2D eigenvalue weighted by molar-refractivity contribution is -0.136. The number of hydrogen-bond donors (Lipinski definition) is 2. The van der Waals surface area contributed by atoms with E-state index in [1.54, 1.807) is 24.3 Å². The van der Waals surface area contributed by atoms with Gasteiger partial charge in [-0.05, 0) is 11.1 Å². The van der Waals surface area contributed by atoms with E-state index in [0.29, 0.717) is 0 Å². The Hall–Kier alpha value is -1.61. The van der Waals surface area contributed by atoms with Crippen LogP contribution in [0.1, 0.15) is 11.1 Å². The summed E-state index contributed by atoms with van der Waals surface area (Å²) in [7, 11) is 0. The van der Waals surface area contributed by atoms with Gasteiger partial charge in [0.15, 0.2) is 0 Å². The van der Waals surface area contributed by atoms with Gasteiger partial charge in [-0.3, -0.25) is 4.79 Å². The first-order valence-corrected chi connectivity index (χ1v) is 4.30. The fraction of sp³-hybridized carbons (Fsp3) is 0.182. The second-order valence-electron chi connectivity index (χ2n) is 2.90. The topological polar surface area (TPSA) is 57.5 Å². The molecule has 1 aromatic carbocycles. The Bertz CT molecular complexity index is 325. The molecule has 0 fully saturated rings. The van der Waals surface area contributed by atoms with Gasteiger partial charge in [0.05, 0.1) is 13.0 Å². The smallest absolute Gasteiger partial charge is 0.307 e. The zero-order valence-corrected chi connectivity index (χ0v) is 7.68. The molecule has 0 atom stereocenters. The average Bonchev–Trinajstić information content (AvgIpc) is 2.16. The first kappa shape index (κ1) is 10.5. The van der Waals surface area contributed by atoms with Gasteiger partial charge >= 0.3 is 5.97 Å². The van der Waals surface area contributed by atoms with Crippen LogP contribution in [0.2, 0.25) is 0 Å². The molecule has 1 aromatic rings. The third-order valence-corrected chi connectivity index (χ3v) is 1.75. The summed E-state index contributed by atoms with van der Waals surface area (Å²) in [6.45, 7) is 0.0108. The lowest BCUT2D eigenvalue weighted by Gasteiger charge is -1.97. The van der Waals surface area contributed by atoms with Crippen LogP contribution in [-0.2, 0) is 11.2 Å². The first-order chi connectivity index (χ1) is 6.72. The van der Waals surface area contributed by atoms with Crippen molar-refractivity contribution in [1.29, 1.82) is 0 Å². The van der Waals surface area contributed by atoms with Crippen LogP contribution >= 0.6 is 0 Å². The molecule has 0 amide bonds. The number of carboxylic acid groups (broad SMARTS) is 1. The van der Waals surface area contributed by atoms with Gasteiger partial charge < -0.3 is 10.2 Å². The molecule has 0 aliphatic heterocycles. The molecule has 0 unspecified atom stereocenters. The van der Waals surface area contributed by atoms with E-state index < -0.39 is 5.97 Å². The van der Waals surface area contributed by atoms with E-state index in [1.807, 2.05) is 12.1 Å². The second-order valence-corrected chi connectivity index (χ2v) is 2.90. The molecule has 0 spiro atoms. The predicted molar refractivity (Wildman–Crippen MR) is 53.9 cm³/mol. The van der Waals surface area contributed by atoms with Crippen molar-refractivity contribution < 1.29 is 15.0 Å². The van der Waals surface area contributed by atoms with Crippen LogP contribution in [0.3, 0.4) is 0 Å². The molecular formula is C11H12O3. The Labute approximate surface area is 82.3 Å². The lowest BCUT2D eigenvalue weighted by Crippen LogP contribution is -1.99. The van der Waals surface area contributed by atoms with E-state index in [4.69, 9.17) is 10.2 Å². The summed E-state index contributed by atoms with van der Waals surface area (Å²) in [6, 6.07) is 7.19. The molecule has 3 heteroatoms. The molecule has 3 nitrogen and oxygen atoms in total. The molecule has 0 aromatic heterocycles. The summed E-state index contributed by atoms with van der Waals surface area (Å²) in [6.07, 6.45) is 3.46. The molecule has 14 heavy (non-hydrogen) atoms. The van der Waals surface area contributed by atoms with Crippen molar-refractivity contribution >= 4 is 12.0 Å². The molecule has 0 saturated carbocycles. The Kier molecular flexibility index (Phi) is 3.88. The molecule has 0 heterocycles. The highest BCUT2D eigenvalue weighted by atomic mass is 16.4. The SMILES string of the molecule is O=C(O)Cc1ccc(/C=C/CO)cc1. The van der Waals surface area contributed by atoms with Crippen molar-refractivity contribution in [1.82, 2.24) is 0 Å².